The Morgan fingerprint density at radius 2 is 1.75 bits per heavy atom. The summed E-state index contributed by atoms with van der Waals surface area (Å²) in [4.78, 5) is 16.6. The highest BCUT2D eigenvalue weighted by Crippen LogP contribution is 2.37. The Hall–Kier alpha value is -3.10. The maximum atomic E-state index is 13.5. The Balaban J connectivity index is 1.77. The molecule has 3 aromatic rings. The van der Waals surface area contributed by atoms with Crippen molar-refractivity contribution in [1.82, 2.24) is 34.7 Å². The van der Waals surface area contributed by atoms with Gasteiger partial charge in [0.1, 0.15) is 18.3 Å². The van der Waals surface area contributed by atoms with E-state index < -0.39 is 27.3 Å². The van der Waals surface area contributed by atoms with Gasteiger partial charge in [-0.1, -0.05) is 18.5 Å². The van der Waals surface area contributed by atoms with E-state index in [1.807, 2.05) is 0 Å². The van der Waals surface area contributed by atoms with Crippen molar-refractivity contribution in [3.63, 3.8) is 0 Å². The molecule has 4 rings (SSSR count). The first-order chi connectivity index (χ1) is 17.3. The first-order valence-electron chi connectivity index (χ1n) is 11.3. The molecule has 0 bridgehead atoms. The van der Waals surface area contributed by atoms with Crippen molar-refractivity contribution < 1.29 is 22.6 Å². The molecule has 15 heteroatoms. The van der Waals surface area contributed by atoms with Crippen LogP contribution in [0.3, 0.4) is 0 Å². The van der Waals surface area contributed by atoms with Crippen LogP contribution in [0, 0.1) is 0 Å². The van der Waals surface area contributed by atoms with Gasteiger partial charge >= 0.3 is 0 Å². The summed E-state index contributed by atoms with van der Waals surface area (Å²) >= 11 is 5.87. The van der Waals surface area contributed by atoms with E-state index in [-0.39, 0.29) is 23.4 Å². The van der Waals surface area contributed by atoms with Gasteiger partial charge in [0.2, 0.25) is 27.7 Å². The summed E-state index contributed by atoms with van der Waals surface area (Å²) in [5, 5.41) is 7.86. The average Bonchev–Trinajstić information content (AvgIpc) is 3.30. The molecule has 1 fully saturated rings. The summed E-state index contributed by atoms with van der Waals surface area (Å²) < 4.78 is 47.8. The molecule has 2 unspecified atom stereocenters. The van der Waals surface area contributed by atoms with Crippen LogP contribution >= 0.6 is 11.6 Å². The lowest BCUT2D eigenvalue weighted by Crippen LogP contribution is -2.31. The highest BCUT2D eigenvalue weighted by Gasteiger charge is 2.34. The molecule has 0 aliphatic carbocycles. The van der Waals surface area contributed by atoms with E-state index in [9.17, 15) is 8.42 Å². The van der Waals surface area contributed by atoms with E-state index in [4.69, 9.17) is 25.8 Å². The molecule has 0 radical (unpaired) electrons. The molecule has 1 aliphatic rings. The third-order valence-electron chi connectivity index (χ3n) is 6.00. The highest BCUT2D eigenvalue weighted by atomic mass is 35.5. The summed E-state index contributed by atoms with van der Waals surface area (Å²) in [5.74, 6) is 0.378. The topological polar surface area (TPSA) is 156 Å². The van der Waals surface area contributed by atoms with E-state index in [0.29, 0.717) is 29.7 Å². The number of anilines is 1. The number of nitrogens with zero attached hydrogens (tertiary/aromatic N) is 7. The predicted octanol–water partition coefficient (Wildman–Crippen LogP) is 2.69. The molecular formula is C21H27ClN8O5S. The second kappa shape index (κ2) is 10.9. The minimum Gasteiger partial charge on any atom is -0.479 e. The number of sulfonamides is 1. The van der Waals surface area contributed by atoms with Gasteiger partial charge < -0.3 is 14.2 Å². The van der Waals surface area contributed by atoms with Crippen LogP contribution in [0.5, 0.6) is 11.8 Å². The van der Waals surface area contributed by atoms with Crippen LogP contribution in [0.2, 0.25) is 5.02 Å². The first kappa shape index (κ1) is 26.0. The second-order valence-electron chi connectivity index (χ2n) is 8.21. The largest absolute Gasteiger partial charge is 0.479 e. The van der Waals surface area contributed by atoms with Gasteiger partial charge in [0.15, 0.2) is 11.5 Å². The summed E-state index contributed by atoms with van der Waals surface area (Å²) in [6.07, 6.45) is 6.24. The molecule has 4 heterocycles. The molecule has 0 saturated carbocycles. The van der Waals surface area contributed by atoms with Crippen molar-refractivity contribution in [3.8, 4) is 17.4 Å². The summed E-state index contributed by atoms with van der Waals surface area (Å²) in [6, 6.07) is 0. The fourth-order valence-electron chi connectivity index (χ4n) is 3.83. The normalized spacial score (nSPS) is 17.9. The quantitative estimate of drug-likeness (QED) is 0.427. The van der Waals surface area contributed by atoms with Crippen molar-refractivity contribution in [2.45, 2.75) is 50.4 Å². The van der Waals surface area contributed by atoms with Gasteiger partial charge in [0.25, 0.3) is 0 Å². The zero-order valence-corrected chi connectivity index (χ0v) is 21.8. The molecular weight excluding hydrogens is 512 g/mol. The van der Waals surface area contributed by atoms with Crippen molar-refractivity contribution in [2.24, 2.45) is 0 Å². The molecule has 1 aliphatic heterocycles. The van der Waals surface area contributed by atoms with Crippen LogP contribution in [-0.2, 0) is 14.8 Å². The number of hydrogen-bond acceptors (Lipinski definition) is 11. The number of rotatable bonds is 9. The lowest BCUT2D eigenvalue weighted by atomic mass is 10.1. The molecule has 3 aromatic heterocycles. The molecule has 0 spiro atoms. The third kappa shape index (κ3) is 5.20. The zero-order valence-electron chi connectivity index (χ0n) is 20.3. The Morgan fingerprint density at radius 3 is 2.33 bits per heavy atom. The molecule has 1 N–H and O–H groups in total. The van der Waals surface area contributed by atoms with E-state index in [1.165, 1.54) is 37.5 Å². The minimum absolute atomic E-state index is 0.0818. The summed E-state index contributed by atoms with van der Waals surface area (Å²) in [5.41, 5.74) is 0.246. The minimum atomic E-state index is -4.01. The van der Waals surface area contributed by atoms with Gasteiger partial charge in [0, 0.05) is 24.9 Å². The van der Waals surface area contributed by atoms with Crippen molar-refractivity contribution in [3.05, 3.63) is 35.4 Å². The molecule has 1 saturated heterocycles. The fourth-order valence-corrected chi connectivity index (χ4v) is 5.16. The second-order valence-corrected chi connectivity index (χ2v) is 10.7. The summed E-state index contributed by atoms with van der Waals surface area (Å²) in [7, 11) is -1.13. The van der Waals surface area contributed by atoms with Gasteiger partial charge in [0.05, 0.1) is 24.5 Å². The highest BCUT2D eigenvalue weighted by molar-refractivity contribution is 7.93. The van der Waals surface area contributed by atoms with Crippen molar-refractivity contribution in [1.29, 1.82) is 0 Å². The molecule has 3 atom stereocenters. The molecule has 0 aromatic carbocycles. The van der Waals surface area contributed by atoms with Crippen molar-refractivity contribution in [2.75, 3.05) is 25.5 Å². The summed E-state index contributed by atoms with van der Waals surface area (Å²) in [6.45, 7) is 3.83. The molecule has 36 heavy (non-hydrogen) atoms. The number of aromatic nitrogens is 7. The average molecular weight is 539 g/mol. The number of ether oxygens (including phenoxy) is 3. The van der Waals surface area contributed by atoms with E-state index in [1.54, 1.807) is 13.8 Å². The van der Waals surface area contributed by atoms with Crippen LogP contribution in [0.15, 0.2) is 18.7 Å². The van der Waals surface area contributed by atoms with E-state index >= 15 is 0 Å². The molecule has 0 amide bonds. The van der Waals surface area contributed by atoms with Gasteiger partial charge in [-0.25, -0.2) is 18.4 Å². The lowest BCUT2D eigenvalue weighted by molar-refractivity contribution is 0.00837. The molecule has 194 valence electrons. The standard InChI is InChI=1S/C21H27ClN8O5S/c1-12(17-23-9-14(22)10-24-17)13(2)36(31,32)29-21-28-27-18(15-7-5-6-8-35-15)30(21)16-19(33-3)25-11-26-20(16)34-4/h9-13,15H,5-8H2,1-4H3,(H,28,29)/t12?,13?,15-/m1/s1. The Bertz CT molecular complexity index is 1280. The Kier molecular flexibility index (Phi) is 7.85. The van der Waals surface area contributed by atoms with E-state index in [2.05, 4.69) is 34.9 Å². The lowest BCUT2D eigenvalue weighted by Gasteiger charge is -2.24. The fraction of sp³-hybridized carbons (Fsp3) is 0.524. The van der Waals surface area contributed by atoms with Gasteiger partial charge in [-0.2, -0.15) is 9.97 Å². The number of nitrogens with one attached hydrogen (secondary N) is 1. The van der Waals surface area contributed by atoms with Crippen LogP contribution in [-0.4, -0.2) is 69.2 Å². The third-order valence-corrected chi connectivity index (χ3v) is 8.05. The monoisotopic (exact) mass is 538 g/mol. The van der Waals surface area contributed by atoms with Crippen molar-refractivity contribution >= 4 is 27.6 Å². The van der Waals surface area contributed by atoms with Gasteiger partial charge in [-0.3, -0.25) is 9.29 Å². The van der Waals surface area contributed by atoms with Crippen LogP contribution in [0.1, 0.15) is 56.8 Å². The number of halogens is 1. The maximum Gasteiger partial charge on any atom is 0.245 e. The molecule has 13 nitrogen and oxygen atoms in total. The van der Waals surface area contributed by atoms with Gasteiger partial charge in [-0.05, 0) is 26.2 Å². The van der Waals surface area contributed by atoms with Crippen LogP contribution in [0.25, 0.3) is 5.69 Å². The SMILES string of the molecule is COc1ncnc(OC)c1-n1c(NS(=O)(=O)C(C)C(C)c2ncc(Cl)cn2)nnc1[C@H]1CCCCO1. The zero-order chi connectivity index (χ0) is 25.9. The van der Waals surface area contributed by atoms with Crippen LogP contribution in [0.4, 0.5) is 5.95 Å². The maximum absolute atomic E-state index is 13.5. The predicted molar refractivity (Wildman–Crippen MR) is 130 cm³/mol. The number of hydrogen-bond donors (Lipinski definition) is 1. The number of methoxy groups -OCH3 is 2. The Labute approximate surface area is 213 Å². The van der Waals surface area contributed by atoms with Gasteiger partial charge in [-0.15, -0.1) is 10.2 Å². The van der Waals surface area contributed by atoms with Crippen LogP contribution < -0.4 is 14.2 Å². The first-order valence-corrected chi connectivity index (χ1v) is 13.2. The smallest absolute Gasteiger partial charge is 0.245 e. The Morgan fingerprint density at radius 1 is 1.08 bits per heavy atom. The van der Waals surface area contributed by atoms with E-state index in [0.717, 1.165) is 12.8 Å².